The van der Waals surface area contributed by atoms with Gasteiger partial charge in [-0.25, -0.2) is 24.4 Å². The monoisotopic (exact) mass is 340 g/mol. The lowest BCUT2D eigenvalue weighted by molar-refractivity contribution is -0.117. The van der Waals surface area contributed by atoms with Gasteiger partial charge in [-0.3, -0.25) is 4.79 Å². The Balaban J connectivity index is 2.26. The fourth-order valence-electron chi connectivity index (χ4n) is 1.52. The molecule has 2 aromatic rings. The Bertz CT molecular complexity index is 706. The largest absolute Gasteiger partial charge is 0.348 e. The highest BCUT2D eigenvalue weighted by atomic mass is 79.9. The van der Waals surface area contributed by atoms with Gasteiger partial charge >= 0.3 is 11.4 Å². The second-order valence-electron chi connectivity index (χ2n) is 4.67. The Morgan fingerprint density at radius 1 is 1.15 bits per heavy atom. The standard InChI is InChI=1S/C12H13BrN4O3/c1-12(2,13)9(18)14-7-3-5-8(6-4-7)17-10(19)15-16-11(17)20/h3-6H,1-2H3,(H,14,18)(H,15,19)(H,16,20). The van der Waals surface area contributed by atoms with Crippen molar-refractivity contribution in [3.8, 4) is 5.69 Å². The normalized spacial score (nSPS) is 11.3. The molecule has 0 saturated heterocycles. The maximum absolute atomic E-state index is 11.8. The molecule has 20 heavy (non-hydrogen) atoms. The maximum Gasteiger partial charge on any atom is 0.348 e. The molecule has 2 rings (SSSR count). The third kappa shape index (κ3) is 2.90. The summed E-state index contributed by atoms with van der Waals surface area (Å²) in [5, 5.41) is 7.11. The first-order valence-electron chi connectivity index (χ1n) is 5.79. The van der Waals surface area contributed by atoms with E-state index in [-0.39, 0.29) is 5.91 Å². The maximum atomic E-state index is 11.8. The minimum absolute atomic E-state index is 0.193. The second-order valence-corrected chi connectivity index (χ2v) is 6.65. The van der Waals surface area contributed by atoms with Crippen molar-refractivity contribution in [1.29, 1.82) is 0 Å². The van der Waals surface area contributed by atoms with E-state index >= 15 is 0 Å². The number of halogens is 1. The lowest BCUT2D eigenvalue weighted by atomic mass is 10.2. The van der Waals surface area contributed by atoms with Crippen LogP contribution in [0.4, 0.5) is 5.69 Å². The van der Waals surface area contributed by atoms with Crippen LogP contribution in [-0.4, -0.2) is 25.0 Å². The summed E-state index contributed by atoms with van der Waals surface area (Å²) >= 11 is 3.26. The fourth-order valence-corrected chi connectivity index (χ4v) is 1.62. The molecule has 0 unspecified atom stereocenters. The predicted molar refractivity (Wildman–Crippen MR) is 78.6 cm³/mol. The molecule has 0 aliphatic carbocycles. The van der Waals surface area contributed by atoms with Gasteiger partial charge < -0.3 is 5.32 Å². The van der Waals surface area contributed by atoms with Crippen LogP contribution >= 0.6 is 15.9 Å². The average Bonchev–Trinajstić information content (AvgIpc) is 2.69. The van der Waals surface area contributed by atoms with Crippen LogP contribution < -0.4 is 16.7 Å². The molecule has 7 nitrogen and oxygen atoms in total. The number of aromatic amines is 2. The first kappa shape index (κ1) is 14.3. The van der Waals surface area contributed by atoms with Gasteiger partial charge in [-0.1, -0.05) is 15.9 Å². The lowest BCUT2D eigenvalue weighted by Gasteiger charge is -2.15. The van der Waals surface area contributed by atoms with Gasteiger partial charge in [-0.15, -0.1) is 0 Å². The highest BCUT2D eigenvalue weighted by Gasteiger charge is 2.23. The molecule has 0 spiro atoms. The number of nitrogens with one attached hydrogen (secondary N) is 3. The van der Waals surface area contributed by atoms with Crippen LogP contribution in [-0.2, 0) is 4.79 Å². The van der Waals surface area contributed by atoms with Gasteiger partial charge in [0, 0.05) is 5.69 Å². The van der Waals surface area contributed by atoms with Crippen molar-refractivity contribution in [2.45, 2.75) is 18.2 Å². The summed E-state index contributed by atoms with van der Waals surface area (Å²) < 4.78 is 0.278. The van der Waals surface area contributed by atoms with Gasteiger partial charge in [0.05, 0.1) is 10.0 Å². The number of hydrogen-bond acceptors (Lipinski definition) is 3. The summed E-state index contributed by atoms with van der Waals surface area (Å²) in [5.41, 5.74) is -0.110. The molecule has 106 valence electrons. The van der Waals surface area contributed by atoms with Crippen LogP contribution in [0, 0.1) is 0 Å². The van der Waals surface area contributed by atoms with Crippen molar-refractivity contribution in [3.05, 3.63) is 45.2 Å². The molecule has 0 radical (unpaired) electrons. The molecule has 1 aromatic heterocycles. The molecule has 0 fully saturated rings. The van der Waals surface area contributed by atoms with Gasteiger partial charge in [-0.05, 0) is 38.1 Å². The van der Waals surface area contributed by atoms with Crippen LogP contribution in [0.25, 0.3) is 5.69 Å². The van der Waals surface area contributed by atoms with Crippen LogP contribution in [0.1, 0.15) is 13.8 Å². The van der Waals surface area contributed by atoms with Gasteiger partial charge in [0.15, 0.2) is 0 Å². The summed E-state index contributed by atoms with van der Waals surface area (Å²) in [4.78, 5) is 34.7. The zero-order valence-electron chi connectivity index (χ0n) is 10.9. The van der Waals surface area contributed by atoms with Crippen LogP contribution in [0.2, 0.25) is 0 Å². The first-order valence-corrected chi connectivity index (χ1v) is 6.59. The number of benzene rings is 1. The fraction of sp³-hybridized carbons (Fsp3) is 0.250. The third-order valence-corrected chi connectivity index (χ3v) is 2.97. The van der Waals surface area contributed by atoms with E-state index in [9.17, 15) is 14.4 Å². The van der Waals surface area contributed by atoms with Gasteiger partial charge in [0.1, 0.15) is 0 Å². The van der Waals surface area contributed by atoms with Crippen molar-refractivity contribution < 1.29 is 4.79 Å². The molecule has 0 bridgehead atoms. The van der Waals surface area contributed by atoms with Gasteiger partial charge in [0.2, 0.25) is 5.91 Å². The minimum Gasteiger partial charge on any atom is -0.325 e. The number of nitrogens with zero attached hydrogens (tertiary/aromatic N) is 1. The van der Waals surface area contributed by atoms with E-state index in [1.54, 1.807) is 38.1 Å². The lowest BCUT2D eigenvalue weighted by Crippen LogP contribution is -2.31. The number of carbonyl (C=O) groups is 1. The molecule has 1 amide bonds. The van der Waals surface area contributed by atoms with Crippen molar-refractivity contribution >= 4 is 27.5 Å². The first-order chi connectivity index (χ1) is 9.29. The van der Waals surface area contributed by atoms with Gasteiger partial charge in [-0.2, -0.15) is 0 Å². The Kier molecular flexibility index (Phi) is 3.67. The highest BCUT2D eigenvalue weighted by Crippen LogP contribution is 2.19. The summed E-state index contributed by atoms with van der Waals surface area (Å²) in [6.45, 7) is 3.46. The minimum atomic E-state index is -0.680. The van der Waals surface area contributed by atoms with Crippen LogP contribution in [0.5, 0.6) is 0 Å². The summed E-state index contributed by atoms with van der Waals surface area (Å²) in [6.07, 6.45) is 0. The smallest absolute Gasteiger partial charge is 0.325 e. The number of aromatic nitrogens is 3. The average molecular weight is 341 g/mol. The number of amides is 1. The predicted octanol–water partition coefficient (Wildman–Crippen LogP) is 0.966. The molecular formula is C12H13BrN4O3. The van der Waals surface area contributed by atoms with Crippen molar-refractivity contribution in [2.75, 3.05) is 5.32 Å². The van der Waals surface area contributed by atoms with Crippen molar-refractivity contribution in [2.24, 2.45) is 0 Å². The van der Waals surface area contributed by atoms with E-state index in [1.807, 2.05) is 0 Å². The Labute approximate surface area is 122 Å². The van der Waals surface area contributed by atoms with E-state index in [0.717, 1.165) is 4.57 Å². The van der Waals surface area contributed by atoms with Crippen molar-refractivity contribution in [3.63, 3.8) is 0 Å². The molecule has 0 aliphatic rings. The highest BCUT2D eigenvalue weighted by molar-refractivity contribution is 9.10. The number of alkyl halides is 1. The molecule has 0 saturated carbocycles. The molecule has 1 heterocycles. The Hall–Kier alpha value is -2.09. The number of hydrogen-bond donors (Lipinski definition) is 3. The molecule has 0 atom stereocenters. The zero-order chi connectivity index (χ0) is 14.9. The Morgan fingerprint density at radius 3 is 2.10 bits per heavy atom. The van der Waals surface area contributed by atoms with E-state index in [1.165, 1.54) is 0 Å². The molecular weight excluding hydrogens is 328 g/mol. The van der Waals surface area contributed by atoms with E-state index in [2.05, 4.69) is 31.4 Å². The summed E-state index contributed by atoms with van der Waals surface area (Å²) in [6, 6.07) is 6.37. The number of anilines is 1. The zero-order valence-corrected chi connectivity index (χ0v) is 12.4. The number of rotatable bonds is 3. The quantitative estimate of drug-likeness (QED) is 0.725. The van der Waals surface area contributed by atoms with E-state index < -0.39 is 15.7 Å². The van der Waals surface area contributed by atoms with Crippen molar-refractivity contribution in [1.82, 2.24) is 14.8 Å². The number of carbonyl (C=O) groups excluding carboxylic acids is 1. The molecule has 3 N–H and O–H groups in total. The SMILES string of the molecule is CC(C)(Br)C(=O)Nc1ccc(-n2c(=O)[nH][nH]c2=O)cc1. The van der Waals surface area contributed by atoms with Crippen LogP contribution in [0.15, 0.2) is 33.9 Å². The molecule has 1 aromatic carbocycles. The van der Waals surface area contributed by atoms with E-state index in [0.29, 0.717) is 11.4 Å². The second kappa shape index (κ2) is 5.12. The third-order valence-electron chi connectivity index (χ3n) is 2.61. The van der Waals surface area contributed by atoms with E-state index in [4.69, 9.17) is 0 Å². The molecule has 8 heteroatoms. The number of H-pyrrole nitrogens is 2. The van der Waals surface area contributed by atoms with Crippen LogP contribution in [0.3, 0.4) is 0 Å². The summed E-state index contributed by atoms with van der Waals surface area (Å²) in [5.74, 6) is -0.193. The molecule has 0 aliphatic heterocycles. The summed E-state index contributed by atoms with van der Waals surface area (Å²) in [7, 11) is 0. The van der Waals surface area contributed by atoms with Gasteiger partial charge in [0.25, 0.3) is 0 Å². The Morgan fingerprint density at radius 2 is 1.65 bits per heavy atom. The topological polar surface area (TPSA) is 99.8 Å².